The van der Waals surface area contributed by atoms with E-state index in [4.69, 9.17) is 9.47 Å². The second-order valence-electron chi connectivity index (χ2n) is 7.61. The molecule has 0 aliphatic carbocycles. The van der Waals surface area contributed by atoms with Crippen molar-refractivity contribution in [2.24, 2.45) is 10.9 Å². The Hall–Kier alpha value is -1.34. The van der Waals surface area contributed by atoms with E-state index in [1.165, 1.54) is 0 Å². The zero-order chi connectivity index (χ0) is 18.7. The van der Waals surface area contributed by atoms with E-state index in [1.54, 1.807) is 7.05 Å². The maximum Gasteiger partial charge on any atom is 0.240 e. The van der Waals surface area contributed by atoms with Gasteiger partial charge in [-0.05, 0) is 46.0 Å². The van der Waals surface area contributed by atoms with Crippen LogP contribution in [0.2, 0.25) is 0 Å². The van der Waals surface area contributed by atoms with Gasteiger partial charge in [0.1, 0.15) is 0 Å². The molecular formula is C18H36N4O3. The molecule has 146 valence electrons. The molecular weight excluding hydrogens is 320 g/mol. The van der Waals surface area contributed by atoms with Crippen molar-refractivity contribution in [1.29, 1.82) is 0 Å². The van der Waals surface area contributed by atoms with Crippen molar-refractivity contribution in [3.63, 3.8) is 0 Å². The zero-order valence-corrected chi connectivity index (χ0v) is 16.6. The minimum atomic E-state index is -0.226. The van der Waals surface area contributed by atoms with Crippen molar-refractivity contribution in [1.82, 2.24) is 15.5 Å². The van der Waals surface area contributed by atoms with Gasteiger partial charge < -0.3 is 25.0 Å². The lowest BCUT2D eigenvalue weighted by Gasteiger charge is -2.25. The Labute approximate surface area is 152 Å². The Morgan fingerprint density at radius 1 is 1.32 bits per heavy atom. The number of nitrogens with zero attached hydrogens (tertiary/aromatic N) is 2. The van der Waals surface area contributed by atoms with Crippen LogP contribution < -0.4 is 10.6 Å². The molecule has 0 atom stereocenters. The quantitative estimate of drug-likeness (QED) is 0.389. The molecule has 1 aliphatic heterocycles. The van der Waals surface area contributed by atoms with Gasteiger partial charge in [0.05, 0.1) is 6.54 Å². The predicted molar refractivity (Wildman–Crippen MR) is 101 cm³/mol. The van der Waals surface area contributed by atoms with Crippen molar-refractivity contribution < 1.29 is 14.3 Å². The fourth-order valence-corrected chi connectivity index (χ4v) is 2.67. The topological polar surface area (TPSA) is 75.2 Å². The van der Waals surface area contributed by atoms with E-state index in [2.05, 4.69) is 15.6 Å². The van der Waals surface area contributed by atoms with Crippen molar-refractivity contribution in [3.8, 4) is 0 Å². The van der Waals surface area contributed by atoms with Crippen molar-refractivity contribution >= 4 is 11.9 Å². The molecule has 7 nitrogen and oxygen atoms in total. The molecule has 1 saturated heterocycles. The monoisotopic (exact) mass is 356 g/mol. The second-order valence-corrected chi connectivity index (χ2v) is 7.61. The van der Waals surface area contributed by atoms with Gasteiger partial charge in [0.15, 0.2) is 5.96 Å². The van der Waals surface area contributed by atoms with E-state index < -0.39 is 0 Å². The van der Waals surface area contributed by atoms with Crippen molar-refractivity contribution in [2.45, 2.75) is 45.6 Å². The third-order valence-corrected chi connectivity index (χ3v) is 3.91. The number of ether oxygens (including phenoxy) is 2. The highest BCUT2D eigenvalue weighted by Crippen LogP contribution is 2.14. The molecule has 0 aromatic rings. The fourth-order valence-electron chi connectivity index (χ4n) is 2.67. The largest absolute Gasteiger partial charge is 0.381 e. The van der Waals surface area contributed by atoms with E-state index >= 15 is 0 Å². The Bertz CT molecular complexity index is 415. The zero-order valence-electron chi connectivity index (χ0n) is 16.6. The Morgan fingerprint density at radius 3 is 2.60 bits per heavy atom. The molecule has 1 amide bonds. The van der Waals surface area contributed by atoms with Gasteiger partial charge in [-0.2, -0.15) is 0 Å². The van der Waals surface area contributed by atoms with Gasteiger partial charge in [0.25, 0.3) is 0 Å². The van der Waals surface area contributed by atoms with E-state index in [1.807, 2.05) is 32.7 Å². The molecule has 0 saturated carbocycles. The minimum Gasteiger partial charge on any atom is -0.381 e. The number of hydrogen-bond donors (Lipinski definition) is 2. The van der Waals surface area contributed by atoms with Crippen molar-refractivity contribution in [2.75, 3.05) is 53.6 Å². The summed E-state index contributed by atoms with van der Waals surface area (Å²) in [5, 5.41) is 6.22. The third-order valence-electron chi connectivity index (χ3n) is 3.91. The molecule has 0 bridgehead atoms. The highest BCUT2D eigenvalue weighted by atomic mass is 16.5. The minimum absolute atomic E-state index is 0.0160. The summed E-state index contributed by atoms with van der Waals surface area (Å²) >= 11 is 0. The summed E-state index contributed by atoms with van der Waals surface area (Å²) in [6.45, 7) is 10.2. The molecule has 1 heterocycles. The van der Waals surface area contributed by atoms with E-state index in [0.717, 1.165) is 52.2 Å². The maximum absolute atomic E-state index is 12.0. The summed E-state index contributed by atoms with van der Waals surface area (Å²) in [6.07, 6.45) is 3.11. The number of amides is 1. The molecule has 0 aromatic heterocycles. The number of hydrogen-bond acceptors (Lipinski definition) is 4. The number of aliphatic imine (C=N–C) groups is 1. The Kier molecular flexibility index (Phi) is 9.82. The molecule has 1 fully saturated rings. The maximum atomic E-state index is 12.0. The van der Waals surface area contributed by atoms with Gasteiger partial charge in [-0.15, -0.1) is 0 Å². The predicted octanol–water partition coefficient (Wildman–Crippen LogP) is 1.24. The molecule has 0 radical (unpaired) electrons. The van der Waals surface area contributed by atoms with Crippen LogP contribution in [0.5, 0.6) is 0 Å². The van der Waals surface area contributed by atoms with Crippen LogP contribution >= 0.6 is 0 Å². The lowest BCUT2D eigenvalue weighted by atomic mass is 10.0. The second kappa shape index (κ2) is 11.3. The van der Waals surface area contributed by atoms with Crippen molar-refractivity contribution in [3.05, 3.63) is 0 Å². The van der Waals surface area contributed by atoms with Gasteiger partial charge in [0.2, 0.25) is 5.91 Å². The van der Waals surface area contributed by atoms with Crippen LogP contribution in [0.3, 0.4) is 0 Å². The fraction of sp³-hybridized carbons (Fsp3) is 0.889. The summed E-state index contributed by atoms with van der Waals surface area (Å²) in [5.74, 6) is 1.34. The van der Waals surface area contributed by atoms with Gasteiger partial charge in [0, 0.05) is 52.6 Å². The van der Waals surface area contributed by atoms with Crippen LogP contribution in [-0.4, -0.2) is 75.9 Å². The molecule has 7 heteroatoms. The Morgan fingerprint density at radius 2 is 2.00 bits per heavy atom. The summed E-state index contributed by atoms with van der Waals surface area (Å²) in [5.41, 5.74) is -0.226. The third kappa shape index (κ3) is 10.3. The average molecular weight is 357 g/mol. The van der Waals surface area contributed by atoms with Gasteiger partial charge in [-0.1, -0.05) is 0 Å². The lowest BCUT2D eigenvalue weighted by molar-refractivity contribution is -0.122. The molecule has 0 aromatic carbocycles. The average Bonchev–Trinajstić information content (AvgIpc) is 2.53. The van der Waals surface area contributed by atoms with Gasteiger partial charge in [-0.3, -0.25) is 9.79 Å². The number of nitrogens with one attached hydrogen (secondary N) is 2. The molecule has 1 aliphatic rings. The number of carbonyl (C=O) groups excluding carboxylic acids is 1. The highest BCUT2D eigenvalue weighted by Gasteiger charge is 2.16. The first-order valence-corrected chi connectivity index (χ1v) is 9.20. The lowest BCUT2D eigenvalue weighted by Crippen LogP contribution is -2.48. The normalized spacial score (nSPS) is 16.6. The highest BCUT2D eigenvalue weighted by molar-refractivity contribution is 5.86. The summed E-state index contributed by atoms with van der Waals surface area (Å²) in [6, 6.07) is 0. The van der Waals surface area contributed by atoms with Crippen LogP contribution in [0.1, 0.15) is 40.0 Å². The molecule has 0 spiro atoms. The van der Waals surface area contributed by atoms with E-state index in [-0.39, 0.29) is 18.0 Å². The van der Waals surface area contributed by atoms with E-state index in [0.29, 0.717) is 11.9 Å². The number of carbonyl (C=O) groups is 1. The van der Waals surface area contributed by atoms with Crippen LogP contribution in [0.25, 0.3) is 0 Å². The molecule has 0 unspecified atom stereocenters. The summed E-state index contributed by atoms with van der Waals surface area (Å²) in [7, 11) is 3.58. The summed E-state index contributed by atoms with van der Waals surface area (Å²) in [4.78, 5) is 18.0. The van der Waals surface area contributed by atoms with Crippen LogP contribution in [-0.2, 0) is 14.3 Å². The van der Waals surface area contributed by atoms with Gasteiger partial charge in [-0.25, -0.2) is 0 Å². The smallest absolute Gasteiger partial charge is 0.240 e. The molecule has 2 N–H and O–H groups in total. The van der Waals surface area contributed by atoms with Crippen LogP contribution in [0, 0.1) is 5.92 Å². The number of guanidine groups is 1. The first-order valence-electron chi connectivity index (χ1n) is 9.20. The SMILES string of the molecule is CN=C(NCCCOCC1CCOCC1)N(C)CC(=O)NC(C)(C)C. The first kappa shape index (κ1) is 21.7. The number of rotatable bonds is 8. The molecule has 25 heavy (non-hydrogen) atoms. The van der Waals surface area contributed by atoms with E-state index in [9.17, 15) is 4.79 Å². The Balaban J connectivity index is 2.15. The van der Waals surface area contributed by atoms with Crippen LogP contribution in [0.15, 0.2) is 4.99 Å². The molecule has 1 rings (SSSR count). The summed E-state index contributed by atoms with van der Waals surface area (Å²) < 4.78 is 11.1. The number of likely N-dealkylation sites (N-methyl/N-ethyl adjacent to an activating group) is 1. The van der Waals surface area contributed by atoms with Gasteiger partial charge >= 0.3 is 0 Å². The first-order chi connectivity index (χ1) is 11.8. The standard InChI is InChI=1S/C18H36N4O3/c1-18(2,3)21-16(23)13-22(5)17(19-4)20-9-6-10-25-14-15-7-11-24-12-8-15/h15H,6-14H2,1-5H3,(H,19,20)(H,21,23). The van der Waals surface area contributed by atoms with Crippen LogP contribution in [0.4, 0.5) is 0 Å².